The van der Waals surface area contributed by atoms with E-state index < -0.39 is 60.6 Å². The van der Waals surface area contributed by atoms with Crippen molar-refractivity contribution < 1.29 is 34.2 Å². The van der Waals surface area contributed by atoms with E-state index in [4.69, 9.17) is 21.7 Å². The number of carbonyl (C=O) groups is 5. The van der Waals surface area contributed by atoms with Gasteiger partial charge in [0, 0.05) is 0 Å². The lowest BCUT2D eigenvalue weighted by Crippen LogP contribution is -2.55. The Morgan fingerprint density at radius 3 is 1.95 bits per heavy atom. The van der Waals surface area contributed by atoms with Crippen LogP contribution in [0.15, 0.2) is 0 Å². The third-order valence-electron chi connectivity index (χ3n) is 2.50. The molecule has 0 aromatic heterocycles. The van der Waals surface area contributed by atoms with Crippen molar-refractivity contribution in [1.82, 2.24) is 10.6 Å². The number of primary amides is 1. The minimum atomic E-state index is -1.45. The highest BCUT2D eigenvalue weighted by molar-refractivity contribution is 5.95. The van der Waals surface area contributed by atoms with E-state index in [1.165, 1.54) is 6.92 Å². The van der Waals surface area contributed by atoms with E-state index in [0.717, 1.165) is 0 Å². The van der Waals surface area contributed by atoms with Crippen molar-refractivity contribution in [3.05, 3.63) is 0 Å². The van der Waals surface area contributed by atoms with Gasteiger partial charge in [0.1, 0.15) is 12.1 Å². The smallest absolute Gasteiger partial charge is 0.325 e. The second kappa shape index (κ2) is 8.56. The maximum atomic E-state index is 11.8. The van der Waals surface area contributed by atoms with Crippen LogP contribution in [0.5, 0.6) is 0 Å². The average molecular weight is 318 g/mol. The molecule has 0 bridgehead atoms. The minimum Gasteiger partial charge on any atom is -0.481 e. The van der Waals surface area contributed by atoms with Crippen LogP contribution >= 0.6 is 0 Å². The fourth-order valence-corrected chi connectivity index (χ4v) is 1.35. The predicted octanol–water partition coefficient (Wildman–Crippen LogP) is -3.26. The molecule has 0 saturated carbocycles. The summed E-state index contributed by atoms with van der Waals surface area (Å²) in [6.07, 6.45) is -1.27. The molecule has 0 aromatic rings. The molecule has 0 fully saturated rings. The lowest BCUT2D eigenvalue weighted by Gasteiger charge is -2.20. The summed E-state index contributed by atoms with van der Waals surface area (Å²) in [4.78, 5) is 55.5. The number of hydrogen-bond donors (Lipinski definition) is 6. The molecule has 3 amide bonds. The van der Waals surface area contributed by atoms with Crippen LogP contribution in [0.25, 0.3) is 0 Å². The van der Waals surface area contributed by atoms with Crippen molar-refractivity contribution >= 4 is 29.7 Å². The molecular weight excluding hydrogens is 300 g/mol. The molecule has 11 heteroatoms. The van der Waals surface area contributed by atoms with Gasteiger partial charge in [0.15, 0.2) is 0 Å². The number of nitrogens with two attached hydrogens (primary N) is 2. The van der Waals surface area contributed by atoms with Crippen LogP contribution in [0.4, 0.5) is 0 Å². The van der Waals surface area contributed by atoms with E-state index in [1.807, 2.05) is 0 Å². The molecule has 8 N–H and O–H groups in total. The SMILES string of the molecule is C[C@H](NC(=O)[C@H](CC(N)=O)NC(=O)[C@@H](N)CC(=O)O)C(=O)O. The molecule has 0 heterocycles. The van der Waals surface area contributed by atoms with Crippen LogP contribution in [-0.4, -0.2) is 58.0 Å². The van der Waals surface area contributed by atoms with Gasteiger partial charge in [-0.15, -0.1) is 0 Å². The van der Waals surface area contributed by atoms with Crippen LogP contribution in [0.1, 0.15) is 19.8 Å². The van der Waals surface area contributed by atoms with Crippen molar-refractivity contribution in [2.24, 2.45) is 11.5 Å². The number of hydrogen-bond acceptors (Lipinski definition) is 6. The first-order valence-electron chi connectivity index (χ1n) is 6.13. The average Bonchev–Trinajstić information content (AvgIpc) is 2.35. The van der Waals surface area contributed by atoms with Gasteiger partial charge in [-0.1, -0.05) is 0 Å². The molecule has 0 aliphatic carbocycles. The Morgan fingerprint density at radius 2 is 1.55 bits per heavy atom. The zero-order chi connectivity index (χ0) is 17.4. The number of carboxylic acids is 2. The maximum Gasteiger partial charge on any atom is 0.325 e. The second-order valence-corrected chi connectivity index (χ2v) is 4.50. The van der Waals surface area contributed by atoms with E-state index in [1.54, 1.807) is 0 Å². The summed E-state index contributed by atoms with van der Waals surface area (Å²) in [5, 5.41) is 21.3. The second-order valence-electron chi connectivity index (χ2n) is 4.50. The summed E-state index contributed by atoms with van der Waals surface area (Å²) in [6.45, 7) is 1.18. The number of carboxylic acid groups (broad SMARTS) is 2. The third kappa shape index (κ3) is 7.19. The van der Waals surface area contributed by atoms with Crippen molar-refractivity contribution in [3.8, 4) is 0 Å². The van der Waals surface area contributed by atoms with Gasteiger partial charge in [0.25, 0.3) is 0 Å². The zero-order valence-electron chi connectivity index (χ0n) is 11.7. The molecule has 0 spiro atoms. The van der Waals surface area contributed by atoms with E-state index in [9.17, 15) is 24.0 Å². The van der Waals surface area contributed by atoms with Gasteiger partial charge in [-0.2, -0.15) is 0 Å². The highest BCUT2D eigenvalue weighted by atomic mass is 16.4. The summed E-state index contributed by atoms with van der Waals surface area (Å²) in [6, 6.07) is -4.14. The van der Waals surface area contributed by atoms with Crippen molar-refractivity contribution in [2.75, 3.05) is 0 Å². The highest BCUT2D eigenvalue weighted by Gasteiger charge is 2.28. The molecule has 0 saturated heterocycles. The largest absolute Gasteiger partial charge is 0.481 e. The Labute approximate surface area is 125 Å². The fraction of sp³-hybridized carbons (Fsp3) is 0.545. The van der Waals surface area contributed by atoms with Crippen LogP contribution in [0.2, 0.25) is 0 Å². The monoisotopic (exact) mass is 318 g/mol. The molecule has 0 aliphatic rings. The first-order valence-corrected chi connectivity index (χ1v) is 6.13. The highest BCUT2D eigenvalue weighted by Crippen LogP contribution is 1.97. The summed E-state index contributed by atoms with van der Waals surface area (Å²) < 4.78 is 0. The van der Waals surface area contributed by atoms with Gasteiger partial charge in [-0.3, -0.25) is 24.0 Å². The van der Waals surface area contributed by atoms with E-state index in [-0.39, 0.29) is 0 Å². The molecule has 0 aliphatic heterocycles. The molecule has 124 valence electrons. The lowest BCUT2D eigenvalue weighted by atomic mass is 10.1. The summed E-state index contributed by atoms with van der Waals surface area (Å²) >= 11 is 0. The Kier molecular flexibility index (Phi) is 7.52. The Balaban J connectivity index is 4.86. The summed E-state index contributed by atoms with van der Waals surface area (Å²) in [7, 11) is 0. The third-order valence-corrected chi connectivity index (χ3v) is 2.50. The van der Waals surface area contributed by atoms with E-state index >= 15 is 0 Å². The van der Waals surface area contributed by atoms with Crippen LogP contribution < -0.4 is 22.1 Å². The van der Waals surface area contributed by atoms with Gasteiger partial charge in [-0.25, -0.2) is 0 Å². The summed E-state index contributed by atoms with van der Waals surface area (Å²) in [5.74, 6) is -5.50. The Morgan fingerprint density at radius 1 is 1.00 bits per heavy atom. The minimum absolute atomic E-state index is 0.594. The molecule has 0 unspecified atom stereocenters. The maximum absolute atomic E-state index is 11.8. The lowest BCUT2D eigenvalue weighted by molar-refractivity contribution is -0.142. The molecule has 0 rings (SSSR count). The zero-order valence-corrected chi connectivity index (χ0v) is 11.7. The number of aliphatic carboxylic acids is 2. The summed E-state index contributed by atoms with van der Waals surface area (Å²) in [5.41, 5.74) is 10.3. The van der Waals surface area contributed by atoms with Crippen LogP contribution in [0, 0.1) is 0 Å². The normalized spacial score (nSPS) is 14.3. The first-order chi connectivity index (χ1) is 10.0. The molecule has 11 nitrogen and oxygen atoms in total. The van der Waals surface area contributed by atoms with E-state index in [2.05, 4.69) is 10.6 Å². The van der Waals surface area contributed by atoms with Crippen molar-refractivity contribution in [1.29, 1.82) is 0 Å². The number of nitrogens with one attached hydrogen (secondary N) is 2. The van der Waals surface area contributed by atoms with Crippen LogP contribution in [-0.2, 0) is 24.0 Å². The van der Waals surface area contributed by atoms with E-state index in [0.29, 0.717) is 0 Å². The number of rotatable bonds is 9. The molecule has 3 atom stereocenters. The van der Waals surface area contributed by atoms with Gasteiger partial charge in [-0.05, 0) is 6.92 Å². The Hall–Kier alpha value is -2.69. The molecular formula is C11H18N4O7. The quantitative estimate of drug-likeness (QED) is 0.254. The fourth-order valence-electron chi connectivity index (χ4n) is 1.35. The van der Waals surface area contributed by atoms with Crippen molar-refractivity contribution in [2.45, 2.75) is 37.9 Å². The predicted molar refractivity (Wildman–Crippen MR) is 71.2 cm³/mol. The van der Waals surface area contributed by atoms with Gasteiger partial charge in [0.2, 0.25) is 17.7 Å². The molecule has 0 aromatic carbocycles. The standard InChI is InChI=1S/C11H18N4O7/c1-4(11(21)22)14-10(20)6(3-7(13)16)15-9(19)5(12)2-8(17)18/h4-6H,2-3,12H2,1H3,(H2,13,16)(H,14,20)(H,15,19)(H,17,18)(H,21,22)/t4-,5-,6-/m0/s1. The molecule has 22 heavy (non-hydrogen) atoms. The van der Waals surface area contributed by atoms with Gasteiger partial charge in [0.05, 0.1) is 18.9 Å². The first kappa shape index (κ1) is 19.3. The van der Waals surface area contributed by atoms with Crippen molar-refractivity contribution in [3.63, 3.8) is 0 Å². The number of carbonyl (C=O) groups excluding carboxylic acids is 3. The Bertz CT molecular complexity index is 479. The van der Waals surface area contributed by atoms with Crippen LogP contribution in [0.3, 0.4) is 0 Å². The van der Waals surface area contributed by atoms with Gasteiger partial charge >= 0.3 is 11.9 Å². The molecule has 0 radical (unpaired) electrons. The van der Waals surface area contributed by atoms with Gasteiger partial charge < -0.3 is 32.3 Å². The topological polar surface area (TPSA) is 202 Å². The number of amides is 3.